The fourth-order valence-electron chi connectivity index (χ4n) is 5.02. The van der Waals surface area contributed by atoms with Crippen LogP contribution in [0, 0.1) is 0 Å². The summed E-state index contributed by atoms with van der Waals surface area (Å²) >= 11 is 0. The summed E-state index contributed by atoms with van der Waals surface area (Å²) < 4.78 is 0. The first-order valence-electron chi connectivity index (χ1n) is 13.7. The van der Waals surface area contributed by atoms with Crippen LogP contribution in [-0.2, 0) is 0 Å². The SMILES string of the molecule is C(=C(\c1ccccc1)c1ccc(-c2ccc(/C(=C\c3ccccc3)c3ccccc3)cc2)cc1)/c1ccccc1. The fourth-order valence-corrected chi connectivity index (χ4v) is 5.02. The molecule has 0 amide bonds. The Morgan fingerprint density at radius 2 is 0.550 bits per heavy atom. The summed E-state index contributed by atoms with van der Waals surface area (Å²) in [6, 6.07) is 60.1. The highest BCUT2D eigenvalue weighted by Crippen LogP contribution is 2.31. The Hall–Kier alpha value is -5.20. The lowest BCUT2D eigenvalue weighted by Gasteiger charge is -2.12. The van der Waals surface area contributed by atoms with Crippen molar-refractivity contribution in [1.82, 2.24) is 0 Å². The minimum absolute atomic E-state index is 1.19. The molecule has 0 fully saturated rings. The lowest BCUT2D eigenvalue weighted by Crippen LogP contribution is -1.90. The van der Waals surface area contributed by atoms with Crippen LogP contribution in [0.2, 0.25) is 0 Å². The van der Waals surface area contributed by atoms with Crippen LogP contribution < -0.4 is 0 Å². The van der Waals surface area contributed by atoms with Crippen molar-refractivity contribution < 1.29 is 0 Å². The molecule has 0 aromatic heterocycles. The van der Waals surface area contributed by atoms with Gasteiger partial charge < -0.3 is 0 Å². The Morgan fingerprint density at radius 1 is 0.275 bits per heavy atom. The Balaban J connectivity index is 1.31. The maximum Gasteiger partial charge on any atom is -0.0105 e. The molecule has 0 atom stereocenters. The van der Waals surface area contributed by atoms with Gasteiger partial charge in [0.25, 0.3) is 0 Å². The first-order chi connectivity index (χ1) is 19.8. The molecule has 0 bridgehead atoms. The van der Waals surface area contributed by atoms with Gasteiger partial charge in [-0.2, -0.15) is 0 Å². The lowest BCUT2D eigenvalue weighted by molar-refractivity contribution is 1.52. The average Bonchev–Trinajstić information content (AvgIpc) is 3.05. The second-order valence-corrected chi connectivity index (χ2v) is 9.82. The molecule has 0 saturated heterocycles. The summed E-state index contributed by atoms with van der Waals surface area (Å²) in [5.74, 6) is 0. The van der Waals surface area contributed by atoms with E-state index in [-0.39, 0.29) is 0 Å². The Morgan fingerprint density at radius 3 is 0.875 bits per heavy atom. The van der Waals surface area contributed by atoms with Gasteiger partial charge in [-0.3, -0.25) is 0 Å². The van der Waals surface area contributed by atoms with Gasteiger partial charge >= 0.3 is 0 Å². The van der Waals surface area contributed by atoms with Gasteiger partial charge in [0.15, 0.2) is 0 Å². The molecule has 0 unspecified atom stereocenters. The molecule has 190 valence electrons. The molecule has 0 aliphatic carbocycles. The normalized spacial score (nSPS) is 11.8. The highest BCUT2D eigenvalue weighted by molar-refractivity contribution is 5.93. The molecule has 0 radical (unpaired) electrons. The van der Waals surface area contributed by atoms with E-state index in [1.54, 1.807) is 0 Å². The predicted octanol–water partition coefficient (Wildman–Crippen LogP) is 10.5. The van der Waals surface area contributed by atoms with Crippen molar-refractivity contribution >= 4 is 23.3 Å². The van der Waals surface area contributed by atoms with Crippen molar-refractivity contribution in [3.8, 4) is 11.1 Å². The van der Waals surface area contributed by atoms with Crippen molar-refractivity contribution in [2.24, 2.45) is 0 Å². The second kappa shape index (κ2) is 12.1. The summed E-state index contributed by atoms with van der Waals surface area (Å²) in [6.07, 6.45) is 4.53. The van der Waals surface area contributed by atoms with Gasteiger partial charge in [0.2, 0.25) is 0 Å². The van der Waals surface area contributed by atoms with Crippen molar-refractivity contribution in [2.75, 3.05) is 0 Å². The third kappa shape index (κ3) is 5.93. The number of benzene rings is 6. The topological polar surface area (TPSA) is 0 Å². The summed E-state index contributed by atoms with van der Waals surface area (Å²) in [5.41, 5.74) is 12.0. The molecule has 40 heavy (non-hydrogen) atoms. The quantitative estimate of drug-likeness (QED) is 0.187. The second-order valence-electron chi connectivity index (χ2n) is 9.82. The third-order valence-corrected chi connectivity index (χ3v) is 7.12. The van der Waals surface area contributed by atoms with Crippen molar-refractivity contribution in [3.63, 3.8) is 0 Å². The maximum absolute atomic E-state index is 2.27. The number of rotatable bonds is 7. The van der Waals surface area contributed by atoms with Gasteiger partial charge in [-0.05, 0) is 67.8 Å². The Labute approximate surface area is 237 Å². The van der Waals surface area contributed by atoms with Gasteiger partial charge in [-0.15, -0.1) is 0 Å². The van der Waals surface area contributed by atoms with Crippen LogP contribution >= 0.6 is 0 Å². The van der Waals surface area contributed by atoms with Crippen molar-refractivity contribution in [3.05, 3.63) is 203 Å². The molecule has 6 aromatic rings. The minimum atomic E-state index is 1.19. The van der Waals surface area contributed by atoms with Gasteiger partial charge in [0, 0.05) is 0 Å². The van der Waals surface area contributed by atoms with E-state index in [9.17, 15) is 0 Å². The molecule has 6 rings (SSSR count). The molecular weight excluding hydrogens is 480 g/mol. The van der Waals surface area contributed by atoms with E-state index in [1.807, 2.05) is 0 Å². The van der Waals surface area contributed by atoms with E-state index in [0.29, 0.717) is 0 Å². The molecular formula is C40H30. The van der Waals surface area contributed by atoms with Gasteiger partial charge in [-0.25, -0.2) is 0 Å². The third-order valence-electron chi connectivity index (χ3n) is 7.12. The lowest BCUT2D eigenvalue weighted by atomic mass is 9.92. The Bertz CT molecular complexity index is 1570. The standard InChI is InChI=1S/C40H30/c1-5-13-31(14-6-1)29-39(35-17-9-3-10-18-35)37-25-21-33(22-26-37)34-23-27-38(28-24-34)40(36-19-11-4-12-20-36)30-32-15-7-2-8-16-32/h1-30H/b39-29-,40-30-. The monoisotopic (exact) mass is 510 g/mol. The summed E-state index contributed by atoms with van der Waals surface area (Å²) in [7, 11) is 0. The molecule has 6 aromatic carbocycles. The van der Waals surface area contributed by atoms with Crippen LogP contribution in [0.4, 0.5) is 0 Å². The molecule has 0 heterocycles. The molecule has 0 nitrogen and oxygen atoms in total. The zero-order chi connectivity index (χ0) is 27.0. The molecule has 0 N–H and O–H groups in total. The van der Waals surface area contributed by atoms with Crippen LogP contribution in [0.25, 0.3) is 34.4 Å². The van der Waals surface area contributed by atoms with Gasteiger partial charge in [0.1, 0.15) is 0 Å². The van der Waals surface area contributed by atoms with E-state index in [2.05, 4.69) is 182 Å². The average molecular weight is 511 g/mol. The van der Waals surface area contributed by atoms with E-state index < -0.39 is 0 Å². The molecule has 0 aliphatic rings. The first-order valence-corrected chi connectivity index (χ1v) is 13.7. The molecule has 0 saturated carbocycles. The van der Waals surface area contributed by atoms with Crippen molar-refractivity contribution in [2.45, 2.75) is 0 Å². The van der Waals surface area contributed by atoms with Crippen LogP contribution in [0.15, 0.2) is 170 Å². The highest BCUT2D eigenvalue weighted by atomic mass is 14.1. The number of hydrogen-bond donors (Lipinski definition) is 0. The smallest absolute Gasteiger partial charge is 0.0105 e. The minimum Gasteiger partial charge on any atom is -0.0622 e. The Kier molecular flexibility index (Phi) is 7.60. The van der Waals surface area contributed by atoms with Crippen LogP contribution in [0.3, 0.4) is 0 Å². The van der Waals surface area contributed by atoms with E-state index in [0.717, 1.165) is 0 Å². The van der Waals surface area contributed by atoms with E-state index >= 15 is 0 Å². The number of hydrogen-bond acceptors (Lipinski definition) is 0. The van der Waals surface area contributed by atoms with Gasteiger partial charge in [-0.1, -0.05) is 170 Å². The highest BCUT2D eigenvalue weighted by Gasteiger charge is 2.09. The van der Waals surface area contributed by atoms with E-state index in [4.69, 9.17) is 0 Å². The zero-order valence-corrected chi connectivity index (χ0v) is 22.3. The van der Waals surface area contributed by atoms with Crippen molar-refractivity contribution in [1.29, 1.82) is 0 Å². The molecule has 0 aliphatic heterocycles. The van der Waals surface area contributed by atoms with Crippen LogP contribution in [0.5, 0.6) is 0 Å². The van der Waals surface area contributed by atoms with Crippen LogP contribution in [0.1, 0.15) is 33.4 Å². The van der Waals surface area contributed by atoms with Crippen LogP contribution in [-0.4, -0.2) is 0 Å². The predicted molar refractivity (Wildman–Crippen MR) is 172 cm³/mol. The molecule has 0 spiro atoms. The maximum atomic E-state index is 2.27. The summed E-state index contributed by atoms with van der Waals surface area (Å²) in [5, 5.41) is 0. The zero-order valence-electron chi connectivity index (χ0n) is 22.3. The molecule has 0 heteroatoms. The van der Waals surface area contributed by atoms with Gasteiger partial charge in [0.05, 0.1) is 0 Å². The summed E-state index contributed by atoms with van der Waals surface area (Å²) in [6.45, 7) is 0. The largest absolute Gasteiger partial charge is 0.0622 e. The first kappa shape index (κ1) is 25.1. The fraction of sp³-hybridized carbons (Fsp3) is 0. The van der Waals surface area contributed by atoms with E-state index in [1.165, 1.54) is 55.7 Å². The summed E-state index contributed by atoms with van der Waals surface area (Å²) in [4.78, 5) is 0.